The van der Waals surface area contributed by atoms with Crippen molar-refractivity contribution in [2.45, 2.75) is 51.1 Å². The van der Waals surface area contributed by atoms with Crippen LogP contribution in [0.5, 0.6) is 0 Å². The third kappa shape index (κ3) is 5.53. The average molecular weight is 350 g/mol. The van der Waals surface area contributed by atoms with E-state index in [0.717, 1.165) is 17.7 Å². The van der Waals surface area contributed by atoms with Crippen LogP contribution in [0.2, 0.25) is 0 Å². The van der Waals surface area contributed by atoms with Crippen LogP contribution in [0.1, 0.15) is 39.0 Å². The predicted octanol–water partition coefficient (Wildman–Crippen LogP) is 1.46. The number of anilines is 1. The van der Waals surface area contributed by atoms with Gasteiger partial charge in [0.15, 0.2) is 12.6 Å². The Morgan fingerprint density at radius 1 is 1.32 bits per heavy atom. The monoisotopic (exact) mass is 350 g/mol. The Labute approximate surface area is 149 Å². The van der Waals surface area contributed by atoms with E-state index in [9.17, 15) is 14.0 Å². The molecule has 1 saturated carbocycles. The number of rotatable bonds is 6. The molecule has 0 heterocycles. The Balaban J connectivity index is 1.86. The zero-order valence-electron chi connectivity index (χ0n) is 15.3. The number of quaternary nitrogens is 1. The second-order valence-electron chi connectivity index (χ2n) is 7.04. The molecule has 2 N–H and O–H groups in total. The minimum atomic E-state index is -0.392. The van der Waals surface area contributed by atoms with Gasteiger partial charge in [-0.1, -0.05) is 25.3 Å². The van der Waals surface area contributed by atoms with Gasteiger partial charge in [0.1, 0.15) is 5.82 Å². The van der Waals surface area contributed by atoms with Crippen molar-refractivity contribution in [3.8, 4) is 0 Å². The topological polar surface area (TPSA) is 53.9 Å². The first kappa shape index (κ1) is 19.4. The highest BCUT2D eigenvalue weighted by Gasteiger charge is 2.30. The van der Waals surface area contributed by atoms with E-state index in [0.29, 0.717) is 11.7 Å². The largest absolute Gasteiger partial charge is 0.338 e. The third-order valence-corrected chi connectivity index (χ3v) is 5.13. The number of halogens is 1. The average Bonchev–Trinajstić information content (AvgIpc) is 2.60. The fraction of sp³-hybridized carbons (Fsp3) is 0.579. The highest BCUT2D eigenvalue weighted by molar-refractivity contribution is 5.91. The lowest BCUT2D eigenvalue weighted by atomic mass is 9.94. The number of nitrogens with one attached hydrogen (secondary N) is 2. The van der Waals surface area contributed by atoms with Crippen LogP contribution >= 0.6 is 0 Å². The fourth-order valence-corrected chi connectivity index (χ4v) is 3.34. The van der Waals surface area contributed by atoms with E-state index in [-0.39, 0.29) is 24.4 Å². The van der Waals surface area contributed by atoms with Crippen LogP contribution in [0.3, 0.4) is 0 Å². The van der Waals surface area contributed by atoms with Gasteiger partial charge in [0.2, 0.25) is 0 Å². The number of carbonyl (C=O) groups excluding carboxylic acids is 2. The summed E-state index contributed by atoms with van der Waals surface area (Å²) in [5, 5.41) is 2.68. The van der Waals surface area contributed by atoms with Gasteiger partial charge in [0, 0.05) is 18.8 Å². The molecule has 0 aromatic heterocycles. The molecular formula is C19H29FN3O2+. The van der Waals surface area contributed by atoms with Crippen LogP contribution < -0.4 is 10.2 Å². The van der Waals surface area contributed by atoms with Gasteiger partial charge >= 0.3 is 0 Å². The molecule has 0 bridgehead atoms. The van der Waals surface area contributed by atoms with Crippen LogP contribution in [-0.4, -0.2) is 49.4 Å². The zero-order chi connectivity index (χ0) is 18.4. The van der Waals surface area contributed by atoms with Gasteiger partial charge in [0.25, 0.3) is 11.8 Å². The van der Waals surface area contributed by atoms with Gasteiger partial charge in [-0.3, -0.25) is 9.59 Å². The number of benzene rings is 1. The number of carbonyl (C=O) groups is 2. The Morgan fingerprint density at radius 2 is 2.00 bits per heavy atom. The SMILES string of the molecule is C[C@@H](C(=O)N(C)C1CCCCC1)[NH+](C)CC(=O)Nc1cccc(F)c1. The molecule has 1 aliphatic rings. The summed E-state index contributed by atoms with van der Waals surface area (Å²) in [6.45, 7) is 2.01. The van der Waals surface area contributed by atoms with Gasteiger partial charge in [-0.2, -0.15) is 0 Å². The molecule has 6 heteroatoms. The summed E-state index contributed by atoms with van der Waals surface area (Å²) in [6, 6.07) is 5.81. The van der Waals surface area contributed by atoms with E-state index in [1.54, 1.807) is 12.1 Å². The van der Waals surface area contributed by atoms with E-state index in [2.05, 4.69) is 5.32 Å². The molecule has 1 fully saturated rings. The molecule has 2 atom stereocenters. The smallest absolute Gasteiger partial charge is 0.280 e. The Kier molecular flexibility index (Phi) is 6.93. The molecule has 0 saturated heterocycles. The molecule has 2 amide bonds. The summed E-state index contributed by atoms with van der Waals surface area (Å²) >= 11 is 0. The number of amides is 2. The Bertz CT molecular complexity index is 602. The first-order chi connectivity index (χ1) is 11.9. The normalized spacial score (nSPS) is 17.6. The fourth-order valence-electron chi connectivity index (χ4n) is 3.34. The Hall–Kier alpha value is -1.95. The molecule has 0 spiro atoms. The number of hydrogen-bond donors (Lipinski definition) is 2. The summed E-state index contributed by atoms with van der Waals surface area (Å²) in [4.78, 5) is 27.5. The molecule has 1 unspecified atom stereocenters. The van der Waals surface area contributed by atoms with Crippen molar-refractivity contribution in [3.05, 3.63) is 30.1 Å². The quantitative estimate of drug-likeness (QED) is 0.816. The summed E-state index contributed by atoms with van der Waals surface area (Å²) in [5.74, 6) is -0.554. The number of nitrogens with zero attached hydrogens (tertiary/aromatic N) is 1. The van der Waals surface area contributed by atoms with Crippen LogP contribution in [0.25, 0.3) is 0 Å². The van der Waals surface area contributed by atoms with Crippen molar-refractivity contribution in [1.29, 1.82) is 0 Å². The van der Waals surface area contributed by atoms with Gasteiger partial charge in [-0.15, -0.1) is 0 Å². The summed E-state index contributed by atoms with van der Waals surface area (Å²) in [7, 11) is 3.71. The standard InChI is InChI=1S/C19H28FN3O2/c1-14(19(25)23(3)17-10-5-4-6-11-17)22(2)13-18(24)21-16-9-7-8-15(20)12-16/h7-9,12,14,17H,4-6,10-11,13H2,1-3H3,(H,21,24)/p+1/t14-/m0/s1. The van der Waals surface area contributed by atoms with Crippen molar-refractivity contribution in [1.82, 2.24) is 4.90 Å². The van der Waals surface area contributed by atoms with Crippen molar-refractivity contribution in [2.75, 3.05) is 26.0 Å². The number of likely N-dealkylation sites (N-methyl/N-ethyl adjacent to an activating group) is 2. The molecule has 1 aromatic rings. The maximum Gasteiger partial charge on any atom is 0.280 e. The maximum atomic E-state index is 13.2. The molecule has 2 rings (SSSR count). The maximum absolute atomic E-state index is 13.2. The van der Waals surface area contributed by atoms with Gasteiger partial charge in [-0.25, -0.2) is 4.39 Å². The van der Waals surface area contributed by atoms with Gasteiger partial charge < -0.3 is 15.1 Å². The molecule has 5 nitrogen and oxygen atoms in total. The van der Waals surface area contributed by atoms with Crippen LogP contribution in [0.15, 0.2) is 24.3 Å². The summed E-state index contributed by atoms with van der Waals surface area (Å²) in [6.07, 6.45) is 5.73. The van der Waals surface area contributed by atoms with E-state index in [1.807, 2.05) is 25.9 Å². The zero-order valence-corrected chi connectivity index (χ0v) is 15.3. The summed E-state index contributed by atoms with van der Waals surface area (Å²) in [5.41, 5.74) is 0.427. The highest BCUT2D eigenvalue weighted by Crippen LogP contribution is 2.21. The molecule has 0 aliphatic heterocycles. The first-order valence-corrected chi connectivity index (χ1v) is 9.03. The van der Waals surface area contributed by atoms with Gasteiger partial charge in [0.05, 0.1) is 7.05 Å². The second-order valence-corrected chi connectivity index (χ2v) is 7.04. The minimum absolute atomic E-state index is 0.0722. The molecule has 138 valence electrons. The van der Waals surface area contributed by atoms with Crippen molar-refractivity contribution in [2.24, 2.45) is 0 Å². The van der Waals surface area contributed by atoms with Crippen molar-refractivity contribution < 1.29 is 18.9 Å². The van der Waals surface area contributed by atoms with E-state index in [1.165, 1.54) is 31.4 Å². The number of hydrogen-bond acceptors (Lipinski definition) is 2. The van der Waals surface area contributed by atoms with Crippen LogP contribution in [0.4, 0.5) is 10.1 Å². The molecule has 25 heavy (non-hydrogen) atoms. The van der Waals surface area contributed by atoms with Crippen LogP contribution in [-0.2, 0) is 9.59 Å². The minimum Gasteiger partial charge on any atom is -0.338 e. The van der Waals surface area contributed by atoms with E-state index >= 15 is 0 Å². The van der Waals surface area contributed by atoms with Crippen molar-refractivity contribution >= 4 is 17.5 Å². The van der Waals surface area contributed by atoms with Gasteiger partial charge in [-0.05, 0) is 38.0 Å². The predicted molar refractivity (Wildman–Crippen MR) is 95.9 cm³/mol. The Morgan fingerprint density at radius 3 is 2.64 bits per heavy atom. The lowest BCUT2D eigenvalue weighted by Gasteiger charge is -2.33. The molecule has 1 aliphatic carbocycles. The van der Waals surface area contributed by atoms with E-state index < -0.39 is 5.82 Å². The second kappa shape index (κ2) is 8.94. The first-order valence-electron chi connectivity index (χ1n) is 9.03. The molecular weight excluding hydrogens is 321 g/mol. The van der Waals surface area contributed by atoms with Crippen LogP contribution in [0, 0.1) is 5.82 Å². The lowest BCUT2D eigenvalue weighted by molar-refractivity contribution is -0.886. The lowest BCUT2D eigenvalue weighted by Crippen LogP contribution is -3.15. The molecule has 0 radical (unpaired) electrons. The molecule has 1 aromatic carbocycles. The van der Waals surface area contributed by atoms with E-state index in [4.69, 9.17) is 0 Å². The third-order valence-electron chi connectivity index (χ3n) is 5.13. The summed E-state index contributed by atoms with van der Waals surface area (Å²) < 4.78 is 13.2. The van der Waals surface area contributed by atoms with Crippen molar-refractivity contribution in [3.63, 3.8) is 0 Å². The highest BCUT2D eigenvalue weighted by atomic mass is 19.1.